The van der Waals surface area contributed by atoms with Gasteiger partial charge in [-0.25, -0.2) is 4.98 Å². The lowest BCUT2D eigenvalue weighted by Gasteiger charge is -2.22. The van der Waals surface area contributed by atoms with Crippen LogP contribution < -0.4 is 10.6 Å². The molecule has 1 aromatic carbocycles. The lowest BCUT2D eigenvalue weighted by Crippen LogP contribution is -3.12. The van der Waals surface area contributed by atoms with E-state index in [1.54, 1.807) is 16.2 Å². The fraction of sp³-hybridized carbons (Fsp3) is 0.357. The van der Waals surface area contributed by atoms with Crippen LogP contribution in [0.4, 0.5) is 5.69 Å². The van der Waals surface area contributed by atoms with Gasteiger partial charge in [-0.15, -0.1) is 11.3 Å². The Kier molecular flexibility index (Phi) is 3.77. The van der Waals surface area contributed by atoms with E-state index in [1.165, 1.54) is 5.69 Å². The maximum Gasteiger partial charge on any atom is 0.123 e. The molecule has 5 heteroatoms. The third-order valence-corrected chi connectivity index (χ3v) is 4.28. The fourth-order valence-electron chi connectivity index (χ4n) is 2.24. The highest BCUT2D eigenvalue weighted by atomic mass is 32.1. The average Bonchev–Trinajstić information content (AvgIpc) is 2.89. The van der Waals surface area contributed by atoms with Gasteiger partial charge in [-0.3, -0.25) is 0 Å². The van der Waals surface area contributed by atoms with Gasteiger partial charge in [-0.05, 0) is 24.3 Å². The molecule has 0 aliphatic carbocycles. The molecule has 1 saturated heterocycles. The molecule has 2 heterocycles. The number of thiazole rings is 1. The minimum atomic E-state index is 0.790. The number of benzene rings is 1. The second-order valence-corrected chi connectivity index (χ2v) is 5.66. The molecule has 0 unspecified atom stereocenters. The third kappa shape index (κ3) is 3.12. The van der Waals surface area contributed by atoms with Crippen molar-refractivity contribution in [2.24, 2.45) is 0 Å². The first-order chi connectivity index (χ1) is 9.31. The molecular weight excluding hydrogens is 258 g/mol. The van der Waals surface area contributed by atoms with Gasteiger partial charge in [0.1, 0.15) is 30.3 Å². The van der Waals surface area contributed by atoms with E-state index in [2.05, 4.69) is 5.38 Å². The average molecular weight is 276 g/mol. The molecule has 4 nitrogen and oxygen atoms in total. The summed E-state index contributed by atoms with van der Waals surface area (Å²) >= 11 is 1.70. The number of nitrogens with two attached hydrogens (primary N) is 1. The Balaban J connectivity index is 1.70. The molecular formula is C14H18N3OS+. The second kappa shape index (κ2) is 5.69. The number of quaternary nitrogens is 1. The van der Waals surface area contributed by atoms with Gasteiger partial charge in [0.2, 0.25) is 0 Å². The number of nitrogens with zero attached hydrogens (tertiary/aromatic N) is 1. The zero-order valence-corrected chi connectivity index (χ0v) is 11.6. The number of nitrogens with one attached hydrogen (secondary N) is 1. The van der Waals surface area contributed by atoms with E-state index in [0.29, 0.717) is 0 Å². The molecule has 1 aliphatic heterocycles. The van der Waals surface area contributed by atoms with Gasteiger partial charge in [-0.1, -0.05) is 0 Å². The van der Waals surface area contributed by atoms with E-state index in [9.17, 15) is 0 Å². The summed E-state index contributed by atoms with van der Waals surface area (Å²) in [7, 11) is 0. The predicted octanol–water partition coefficient (Wildman–Crippen LogP) is 0.807. The van der Waals surface area contributed by atoms with Crippen LogP contribution in [0.15, 0.2) is 29.6 Å². The van der Waals surface area contributed by atoms with Crippen molar-refractivity contribution in [3.63, 3.8) is 0 Å². The van der Waals surface area contributed by atoms with Crippen molar-refractivity contribution in [2.75, 3.05) is 32.0 Å². The van der Waals surface area contributed by atoms with Gasteiger partial charge < -0.3 is 15.4 Å². The molecule has 19 heavy (non-hydrogen) atoms. The number of hydrogen-bond donors (Lipinski definition) is 2. The molecule has 0 saturated carbocycles. The summed E-state index contributed by atoms with van der Waals surface area (Å²) in [5.74, 6) is 0. The maximum atomic E-state index is 5.70. The second-order valence-electron chi connectivity index (χ2n) is 4.81. The summed E-state index contributed by atoms with van der Waals surface area (Å²) in [5.41, 5.74) is 8.81. The maximum absolute atomic E-state index is 5.70. The molecule has 3 N–H and O–H groups in total. The van der Waals surface area contributed by atoms with E-state index < -0.39 is 0 Å². The molecule has 0 atom stereocenters. The smallest absolute Gasteiger partial charge is 0.123 e. The number of aromatic nitrogens is 1. The van der Waals surface area contributed by atoms with Crippen molar-refractivity contribution in [1.82, 2.24) is 4.98 Å². The molecule has 1 fully saturated rings. The molecule has 1 aromatic heterocycles. The molecule has 3 rings (SSSR count). The van der Waals surface area contributed by atoms with Crippen LogP contribution in [0.1, 0.15) is 5.69 Å². The largest absolute Gasteiger partial charge is 0.399 e. The van der Waals surface area contributed by atoms with Gasteiger partial charge >= 0.3 is 0 Å². The first-order valence-corrected chi connectivity index (χ1v) is 7.41. The number of rotatable bonds is 3. The third-order valence-electron chi connectivity index (χ3n) is 3.34. The van der Waals surface area contributed by atoms with Crippen molar-refractivity contribution in [3.05, 3.63) is 35.3 Å². The Labute approximate surface area is 116 Å². The Morgan fingerprint density at radius 3 is 2.68 bits per heavy atom. The molecule has 0 bridgehead atoms. The minimum absolute atomic E-state index is 0.790. The van der Waals surface area contributed by atoms with E-state index in [-0.39, 0.29) is 0 Å². The highest BCUT2D eigenvalue weighted by Gasteiger charge is 2.16. The summed E-state index contributed by atoms with van der Waals surface area (Å²) < 4.78 is 5.37. The normalized spacial score (nSPS) is 16.6. The lowest BCUT2D eigenvalue weighted by molar-refractivity contribution is -0.921. The van der Waals surface area contributed by atoms with Crippen molar-refractivity contribution >= 4 is 17.0 Å². The Bertz CT molecular complexity index is 532. The van der Waals surface area contributed by atoms with Gasteiger partial charge in [0.15, 0.2) is 0 Å². The summed E-state index contributed by atoms with van der Waals surface area (Å²) in [6.07, 6.45) is 0. The molecule has 1 aliphatic rings. The van der Waals surface area contributed by atoms with Crippen LogP contribution in [0.2, 0.25) is 0 Å². The van der Waals surface area contributed by atoms with Crippen LogP contribution in [0, 0.1) is 0 Å². The summed E-state index contributed by atoms with van der Waals surface area (Å²) in [6, 6.07) is 7.90. The molecule has 100 valence electrons. The number of hydrogen-bond acceptors (Lipinski definition) is 4. The van der Waals surface area contributed by atoms with E-state index in [4.69, 9.17) is 15.5 Å². The zero-order chi connectivity index (χ0) is 13.1. The number of anilines is 1. The van der Waals surface area contributed by atoms with Crippen molar-refractivity contribution in [3.8, 4) is 10.6 Å². The predicted molar refractivity (Wildman–Crippen MR) is 77.2 cm³/mol. The Hall–Kier alpha value is -1.43. The molecule has 0 radical (unpaired) electrons. The first kappa shape index (κ1) is 12.6. The van der Waals surface area contributed by atoms with Crippen molar-refractivity contribution in [1.29, 1.82) is 0 Å². The van der Waals surface area contributed by atoms with Crippen LogP contribution in [0.5, 0.6) is 0 Å². The number of morpholine rings is 1. The Morgan fingerprint density at radius 1 is 1.21 bits per heavy atom. The molecule has 2 aromatic rings. The summed E-state index contributed by atoms with van der Waals surface area (Å²) in [6.45, 7) is 4.88. The van der Waals surface area contributed by atoms with Crippen LogP contribution in [0.3, 0.4) is 0 Å². The first-order valence-electron chi connectivity index (χ1n) is 6.53. The minimum Gasteiger partial charge on any atom is -0.399 e. The monoisotopic (exact) mass is 276 g/mol. The topological polar surface area (TPSA) is 52.6 Å². The number of nitrogen functional groups attached to an aromatic ring is 1. The summed E-state index contributed by atoms with van der Waals surface area (Å²) in [5, 5.41) is 3.23. The summed E-state index contributed by atoms with van der Waals surface area (Å²) in [4.78, 5) is 6.28. The highest BCUT2D eigenvalue weighted by molar-refractivity contribution is 7.13. The Morgan fingerprint density at radius 2 is 1.95 bits per heavy atom. The fourth-order valence-corrected chi connectivity index (χ4v) is 3.07. The highest BCUT2D eigenvalue weighted by Crippen LogP contribution is 2.24. The van der Waals surface area contributed by atoms with Gasteiger partial charge in [-0.2, -0.15) is 0 Å². The zero-order valence-electron chi connectivity index (χ0n) is 10.8. The van der Waals surface area contributed by atoms with Crippen LogP contribution >= 0.6 is 11.3 Å². The quantitative estimate of drug-likeness (QED) is 0.816. The van der Waals surface area contributed by atoms with Crippen LogP contribution in [-0.2, 0) is 11.3 Å². The van der Waals surface area contributed by atoms with E-state index in [1.807, 2.05) is 24.3 Å². The number of ether oxygens (including phenoxy) is 1. The van der Waals surface area contributed by atoms with Crippen molar-refractivity contribution < 1.29 is 9.64 Å². The van der Waals surface area contributed by atoms with Crippen molar-refractivity contribution in [2.45, 2.75) is 6.54 Å². The SMILES string of the molecule is Nc1ccc(-c2nc(C[NH+]3CCOCC3)cs2)cc1. The van der Waals surface area contributed by atoms with Gasteiger partial charge in [0.05, 0.1) is 13.2 Å². The van der Waals surface area contributed by atoms with E-state index in [0.717, 1.165) is 49.1 Å². The molecule has 0 spiro atoms. The van der Waals surface area contributed by atoms with Gasteiger partial charge in [0.25, 0.3) is 0 Å². The van der Waals surface area contributed by atoms with Crippen LogP contribution in [0.25, 0.3) is 10.6 Å². The standard InChI is InChI=1S/C14H17N3OS/c15-12-3-1-11(2-4-12)14-16-13(10-19-14)9-17-5-7-18-8-6-17/h1-4,10H,5-9,15H2/p+1. The lowest BCUT2D eigenvalue weighted by atomic mass is 10.2. The van der Waals surface area contributed by atoms with Gasteiger partial charge in [0, 0.05) is 16.6 Å². The van der Waals surface area contributed by atoms with Crippen LogP contribution in [-0.4, -0.2) is 31.3 Å². The van der Waals surface area contributed by atoms with E-state index >= 15 is 0 Å². The molecule has 0 amide bonds.